The van der Waals surface area contributed by atoms with Gasteiger partial charge < -0.3 is 15.2 Å². The average molecular weight is 554 g/mol. The molecule has 1 unspecified atom stereocenters. The highest BCUT2D eigenvalue weighted by Crippen LogP contribution is 2.50. The average Bonchev–Trinajstić information content (AvgIpc) is 3.59. The minimum atomic E-state index is -2.08. The lowest BCUT2D eigenvalue weighted by Gasteiger charge is -2.16. The fraction of sp³-hybridized carbons (Fsp3) is 0.440. The molecular weight excluding hydrogens is 525 g/mol. The summed E-state index contributed by atoms with van der Waals surface area (Å²) in [5.41, 5.74) is 4.29. The van der Waals surface area contributed by atoms with Crippen LogP contribution in [0.5, 0.6) is 0 Å². The lowest BCUT2D eigenvalue weighted by molar-refractivity contribution is 0.571. The molecule has 8 nitrogen and oxygen atoms in total. The molecule has 0 spiro atoms. The van der Waals surface area contributed by atoms with Crippen molar-refractivity contribution in [2.75, 3.05) is 31.7 Å². The van der Waals surface area contributed by atoms with Crippen LogP contribution < -0.4 is 10.6 Å². The molecule has 10 heteroatoms. The molecule has 1 aromatic carbocycles. The number of pyridine rings is 1. The van der Waals surface area contributed by atoms with Crippen molar-refractivity contribution >= 4 is 51.0 Å². The molecule has 0 radical (unpaired) electrons. The first-order chi connectivity index (χ1) is 16.9. The Morgan fingerprint density at radius 1 is 1.20 bits per heavy atom. The molecule has 35 heavy (non-hydrogen) atoms. The fourth-order valence-corrected chi connectivity index (χ4v) is 7.48. The Hall–Kier alpha value is -2.35. The number of anilines is 1. The third-order valence-corrected chi connectivity index (χ3v) is 10.3. The topological polar surface area (TPSA) is 97.6 Å². The van der Waals surface area contributed by atoms with Gasteiger partial charge in [0.2, 0.25) is 5.95 Å². The highest BCUT2D eigenvalue weighted by atomic mass is 79.9. The van der Waals surface area contributed by atoms with E-state index < -0.39 is 7.14 Å². The zero-order valence-corrected chi connectivity index (χ0v) is 22.4. The summed E-state index contributed by atoms with van der Waals surface area (Å²) in [4.78, 5) is 14.1. The van der Waals surface area contributed by atoms with E-state index in [1.165, 1.54) is 5.56 Å². The number of nitrogens with one attached hydrogen (secondary N) is 2. The Morgan fingerprint density at radius 2 is 2.09 bits per heavy atom. The molecule has 1 aliphatic heterocycles. The van der Waals surface area contributed by atoms with Crippen LogP contribution >= 0.6 is 23.1 Å². The zero-order valence-electron chi connectivity index (χ0n) is 19.9. The molecule has 3 atom stereocenters. The summed E-state index contributed by atoms with van der Waals surface area (Å²) >= 11 is 3.61. The summed E-state index contributed by atoms with van der Waals surface area (Å²) in [7, 11) is -2.08. The van der Waals surface area contributed by atoms with Crippen LogP contribution in [-0.4, -0.2) is 62.9 Å². The van der Waals surface area contributed by atoms with Crippen LogP contribution in [0.1, 0.15) is 37.2 Å². The van der Waals surface area contributed by atoms with Crippen molar-refractivity contribution in [2.45, 2.75) is 43.3 Å². The van der Waals surface area contributed by atoms with E-state index in [0.29, 0.717) is 16.5 Å². The largest absolute Gasteiger partial charge is 0.351 e. The van der Waals surface area contributed by atoms with Crippen molar-refractivity contribution in [3.63, 3.8) is 0 Å². The van der Waals surface area contributed by atoms with E-state index in [2.05, 4.69) is 49.7 Å². The highest BCUT2D eigenvalue weighted by Gasteiger charge is 2.33. The molecule has 0 bridgehead atoms. The number of benzene rings is 1. The van der Waals surface area contributed by atoms with Crippen molar-refractivity contribution in [1.29, 1.82) is 0 Å². The molecular formula is C25H29BrN7OP. The van der Waals surface area contributed by atoms with Gasteiger partial charge in [0.25, 0.3) is 0 Å². The third kappa shape index (κ3) is 4.39. The number of hydrogen-bond acceptors (Lipinski definition) is 7. The maximum Gasteiger partial charge on any atom is 0.224 e. The Morgan fingerprint density at radius 3 is 2.86 bits per heavy atom. The first-order valence-corrected chi connectivity index (χ1v) is 15.7. The molecule has 0 amide bonds. The van der Waals surface area contributed by atoms with Crippen LogP contribution in [0.3, 0.4) is 0 Å². The maximum absolute atomic E-state index is 12.5. The van der Waals surface area contributed by atoms with Gasteiger partial charge in [0, 0.05) is 36.0 Å². The Labute approximate surface area is 212 Å². The van der Waals surface area contributed by atoms with Crippen LogP contribution in [0.15, 0.2) is 41.3 Å². The minimum Gasteiger partial charge on any atom is -0.351 e. The molecule has 1 aliphatic carbocycles. The molecule has 2 aliphatic rings. The summed E-state index contributed by atoms with van der Waals surface area (Å²) in [5, 5.41) is 13.7. The van der Waals surface area contributed by atoms with Gasteiger partial charge in [-0.1, -0.05) is 6.07 Å². The molecule has 3 aromatic heterocycles. The first-order valence-electron chi connectivity index (χ1n) is 12.2. The van der Waals surface area contributed by atoms with Gasteiger partial charge in [0.1, 0.15) is 4.60 Å². The van der Waals surface area contributed by atoms with E-state index >= 15 is 0 Å². The standard InChI is InChI=1S/C25H29BrN7OP/c1-35(2,34)19-6-5-17(11-19)30-25-29-14-21-23(26)32-33(24(21)31-25)18-10-15-4-3-8-28-22(15)20(12-18)16-7-9-27-13-16/h3-4,8,10,12,14,16-17,19,27H,5-7,9,11,13H2,1-2H3,(H,29,30,31)/t16?,17-,19-/m1/s1. The number of halogens is 1. The second-order valence-electron chi connectivity index (χ2n) is 10.2. The van der Waals surface area contributed by atoms with Gasteiger partial charge in [0.05, 0.1) is 23.7 Å². The lowest BCUT2D eigenvalue weighted by Crippen LogP contribution is -2.18. The normalized spacial score (nSPS) is 22.9. The number of fused-ring (bicyclic) bond motifs is 2. The van der Waals surface area contributed by atoms with Gasteiger partial charge in [-0.3, -0.25) is 4.98 Å². The van der Waals surface area contributed by atoms with Gasteiger partial charge >= 0.3 is 0 Å². The molecule has 2 N–H and O–H groups in total. The molecule has 4 aromatic rings. The number of nitrogens with zero attached hydrogens (tertiary/aromatic N) is 5. The van der Waals surface area contributed by atoms with Crippen LogP contribution in [0, 0.1) is 0 Å². The van der Waals surface area contributed by atoms with E-state index in [4.69, 9.17) is 15.1 Å². The maximum atomic E-state index is 12.5. The summed E-state index contributed by atoms with van der Waals surface area (Å²) < 4.78 is 15.1. The van der Waals surface area contributed by atoms with Gasteiger partial charge in [-0.25, -0.2) is 9.67 Å². The van der Waals surface area contributed by atoms with Crippen LogP contribution in [-0.2, 0) is 4.57 Å². The van der Waals surface area contributed by atoms with Crippen molar-refractivity contribution in [2.24, 2.45) is 0 Å². The van der Waals surface area contributed by atoms with E-state index in [1.54, 1.807) is 0 Å². The van der Waals surface area contributed by atoms with E-state index in [-0.39, 0.29) is 11.7 Å². The van der Waals surface area contributed by atoms with Gasteiger partial charge in [-0.15, -0.1) is 0 Å². The number of rotatable bonds is 5. The predicted molar refractivity (Wildman–Crippen MR) is 144 cm³/mol. The van der Waals surface area contributed by atoms with Crippen molar-refractivity contribution < 1.29 is 4.57 Å². The van der Waals surface area contributed by atoms with Crippen LogP contribution in [0.25, 0.3) is 27.6 Å². The van der Waals surface area contributed by atoms with Crippen molar-refractivity contribution in [1.82, 2.24) is 30.0 Å². The molecule has 182 valence electrons. The van der Waals surface area contributed by atoms with Gasteiger partial charge in [-0.2, -0.15) is 10.1 Å². The van der Waals surface area contributed by atoms with Crippen molar-refractivity contribution in [3.8, 4) is 5.69 Å². The van der Waals surface area contributed by atoms with Crippen molar-refractivity contribution in [3.05, 3.63) is 46.8 Å². The fourth-order valence-electron chi connectivity index (χ4n) is 5.51. The minimum absolute atomic E-state index is 0.235. The lowest BCUT2D eigenvalue weighted by atomic mass is 9.95. The summed E-state index contributed by atoms with van der Waals surface area (Å²) in [6, 6.07) is 8.66. The highest BCUT2D eigenvalue weighted by molar-refractivity contribution is 9.10. The molecule has 6 rings (SSSR count). The Kier molecular flexibility index (Phi) is 5.90. The SMILES string of the molecule is CP(C)(=O)[C@@H]1CC[C@@H](Nc2ncc3c(Br)nn(-c4cc(C5CCNC5)c5ncccc5c4)c3n2)C1. The monoisotopic (exact) mass is 553 g/mol. The zero-order chi connectivity index (χ0) is 24.2. The Balaban J connectivity index is 1.39. The van der Waals surface area contributed by atoms with Gasteiger partial charge in [-0.05, 0) is 91.2 Å². The number of aromatic nitrogens is 5. The second kappa shape index (κ2) is 8.95. The van der Waals surface area contributed by atoms with Gasteiger partial charge in [0.15, 0.2) is 5.65 Å². The molecule has 2 fully saturated rings. The first kappa shape index (κ1) is 23.1. The summed E-state index contributed by atoms with van der Waals surface area (Å²) in [5.74, 6) is 1.01. The van der Waals surface area contributed by atoms with Crippen LogP contribution in [0.2, 0.25) is 0 Å². The molecule has 1 saturated carbocycles. The second-order valence-corrected chi connectivity index (χ2v) is 14.5. The Bertz CT molecular complexity index is 1460. The van der Waals surface area contributed by atoms with E-state index in [9.17, 15) is 4.57 Å². The quantitative estimate of drug-likeness (QED) is 0.329. The summed E-state index contributed by atoms with van der Waals surface area (Å²) in [6.07, 6.45) is 7.64. The third-order valence-electron chi connectivity index (χ3n) is 7.46. The van der Waals surface area contributed by atoms with E-state index in [1.807, 2.05) is 36.5 Å². The summed E-state index contributed by atoms with van der Waals surface area (Å²) in [6.45, 7) is 5.77. The van der Waals surface area contributed by atoms with E-state index in [0.717, 1.165) is 66.4 Å². The molecule has 1 saturated heterocycles. The molecule has 4 heterocycles. The van der Waals surface area contributed by atoms with Crippen LogP contribution in [0.4, 0.5) is 5.95 Å². The smallest absolute Gasteiger partial charge is 0.224 e. The number of hydrogen-bond donors (Lipinski definition) is 2. The predicted octanol–water partition coefficient (Wildman–Crippen LogP) is 5.16.